The van der Waals surface area contributed by atoms with Crippen LogP contribution in [0.2, 0.25) is 0 Å². The van der Waals surface area contributed by atoms with Crippen molar-refractivity contribution in [2.45, 2.75) is 64.5 Å². The maximum Gasteiger partial charge on any atom is 0.326 e. The van der Waals surface area contributed by atoms with Gasteiger partial charge in [0.25, 0.3) is 0 Å². The molecule has 3 nitrogen and oxygen atoms in total. The molecule has 2 rings (SSSR count). The average Bonchev–Trinajstić information content (AvgIpc) is 3.07. The summed E-state index contributed by atoms with van der Waals surface area (Å²) in [4.78, 5) is 12.4. The lowest BCUT2D eigenvalue weighted by Crippen LogP contribution is -2.60. The van der Waals surface area contributed by atoms with Gasteiger partial charge in [-0.05, 0) is 44.4 Å². The minimum absolute atomic E-state index is 0.0223. The summed E-state index contributed by atoms with van der Waals surface area (Å²) >= 11 is 0. The molecule has 2 fully saturated rings. The largest absolute Gasteiger partial charge is 0.465 e. The van der Waals surface area contributed by atoms with Gasteiger partial charge >= 0.3 is 5.97 Å². The smallest absolute Gasteiger partial charge is 0.326 e. The van der Waals surface area contributed by atoms with E-state index in [1.807, 2.05) is 6.92 Å². The van der Waals surface area contributed by atoms with Crippen LogP contribution < -0.4 is 5.32 Å². The number of ether oxygens (including phenoxy) is 1. The Kier molecular flexibility index (Phi) is 3.76. The molecular weight excluding hydrogens is 214 g/mol. The zero-order chi connectivity index (χ0) is 12.5. The first-order valence-electron chi connectivity index (χ1n) is 7.03. The zero-order valence-electron chi connectivity index (χ0n) is 11.3. The first kappa shape index (κ1) is 12.9. The summed E-state index contributed by atoms with van der Waals surface area (Å²) in [6, 6.07) is 0.548. The van der Waals surface area contributed by atoms with Crippen LogP contribution in [0.3, 0.4) is 0 Å². The maximum absolute atomic E-state index is 12.4. The van der Waals surface area contributed by atoms with Crippen molar-refractivity contribution in [1.82, 2.24) is 5.32 Å². The molecule has 0 bridgehead atoms. The van der Waals surface area contributed by atoms with Gasteiger partial charge in [0.05, 0.1) is 6.61 Å². The minimum atomic E-state index is -0.408. The predicted molar refractivity (Wildman–Crippen MR) is 67.7 cm³/mol. The quantitative estimate of drug-likeness (QED) is 0.766. The predicted octanol–water partition coefficient (Wildman–Crippen LogP) is 2.50. The van der Waals surface area contributed by atoms with Crippen LogP contribution in [0.1, 0.15) is 52.9 Å². The highest BCUT2D eigenvalue weighted by molar-refractivity contribution is 5.81. The van der Waals surface area contributed by atoms with Gasteiger partial charge in [-0.15, -0.1) is 0 Å². The number of carbonyl (C=O) groups excluding carboxylic acids is 1. The van der Waals surface area contributed by atoms with Crippen LogP contribution >= 0.6 is 0 Å². The third-order valence-electron chi connectivity index (χ3n) is 4.28. The van der Waals surface area contributed by atoms with Crippen molar-refractivity contribution in [2.24, 2.45) is 11.8 Å². The van der Waals surface area contributed by atoms with Gasteiger partial charge in [0, 0.05) is 6.04 Å². The fraction of sp³-hybridized carbons (Fsp3) is 0.929. The average molecular weight is 239 g/mol. The zero-order valence-corrected chi connectivity index (χ0v) is 11.3. The third-order valence-corrected chi connectivity index (χ3v) is 4.28. The third kappa shape index (κ3) is 2.65. The van der Waals surface area contributed by atoms with E-state index < -0.39 is 5.54 Å². The number of carbonyl (C=O) groups is 1. The molecule has 2 saturated carbocycles. The van der Waals surface area contributed by atoms with Gasteiger partial charge in [-0.3, -0.25) is 10.1 Å². The highest BCUT2D eigenvalue weighted by Gasteiger charge is 2.50. The summed E-state index contributed by atoms with van der Waals surface area (Å²) in [6.45, 7) is 6.81. The second-order valence-electron chi connectivity index (χ2n) is 5.90. The molecule has 0 spiro atoms. The van der Waals surface area contributed by atoms with E-state index >= 15 is 0 Å². The minimum Gasteiger partial charge on any atom is -0.465 e. The highest BCUT2D eigenvalue weighted by atomic mass is 16.5. The molecule has 0 amide bonds. The van der Waals surface area contributed by atoms with Crippen molar-refractivity contribution in [2.75, 3.05) is 6.61 Å². The summed E-state index contributed by atoms with van der Waals surface area (Å²) in [5, 5.41) is 3.60. The summed E-state index contributed by atoms with van der Waals surface area (Å²) in [7, 11) is 0. The van der Waals surface area contributed by atoms with Crippen LogP contribution in [0.5, 0.6) is 0 Å². The Hall–Kier alpha value is -0.570. The van der Waals surface area contributed by atoms with Crippen molar-refractivity contribution in [3.63, 3.8) is 0 Å². The van der Waals surface area contributed by atoms with Gasteiger partial charge in [-0.1, -0.05) is 20.3 Å². The second-order valence-corrected chi connectivity index (χ2v) is 5.90. The Labute approximate surface area is 104 Å². The van der Waals surface area contributed by atoms with Crippen molar-refractivity contribution in [3.05, 3.63) is 0 Å². The molecule has 0 heterocycles. The Balaban J connectivity index is 2.16. The molecule has 3 heteroatoms. The molecule has 17 heavy (non-hydrogen) atoms. The summed E-state index contributed by atoms with van der Waals surface area (Å²) < 4.78 is 5.33. The van der Waals surface area contributed by atoms with Gasteiger partial charge in [0.15, 0.2) is 0 Å². The second kappa shape index (κ2) is 4.97. The Morgan fingerprint density at radius 1 is 1.29 bits per heavy atom. The van der Waals surface area contributed by atoms with Gasteiger partial charge in [-0.25, -0.2) is 0 Å². The fourth-order valence-electron chi connectivity index (χ4n) is 3.03. The summed E-state index contributed by atoms with van der Waals surface area (Å²) in [5.74, 6) is 0.978. The van der Waals surface area contributed by atoms with E-state index in [0.717, 1.165) is 12.8 Å². The fourth-order valence-corrected chi connectivity index (χ4v) is 3.03. The van der Waals surface area contributed by atoms with Gasteiger partial charge in [0.1, 0.15) is 5.54 Å². The molecule has 2 aliphatic rings. The monoisotopic (exact) mass is 239 g/mol. The first-order valence-corrected chi connectivity index (χ1v) is 7.03. The molecule has 1 N–H and O–H groups in total. The molecular formula is C14H25NO2. The van der Waals surface area contributed by atoms with Crippen LogP contribution in [0.4, 0.5) is 0 Å². The molecule has 3 unspecified atom stereocenters. The summed E-state index contributed by atoms with van der Waals surface area (Å²) in [5.41, 5.74) is -0.408. The van der Waals surface area contributed by atoms with Crippen LogP contribution in [0.25, 0.3) is 0 Å². The number of hydrogen-bond donors (Lipinski definition) is 1. The van der Waals surface area contributed by atoms with E-state index in [9.17, 15) is 4.79 Å². The Bertz CT molecular complexity index is 284. The highest BCUT2D eigenvalue weighted by Crippen LogP contribution is 2.40. The van der Waals surface area contributed by atoms with Crippen molar-refractivity contribution >= 4 is 5.97 Å². The lowest BCUT2D eigenvalue weighted by molar-refractivity contribution is -0.156. The van der Waals surface area contributed by atoms with Crippen LogP contribution in [0.15, 0.2) is 0 Å². The molecule has 3 atom stereocenters. The lowest BCUT2D eigenvalue weighted by Gasteiger charge is -2.43. The van der Waals surface area contributed by atoms with Crippen LogP contribution in [-0.2, 0) is 9.53 Å². The number of rotatable bonds is 4. The topological polar surface area (TPSA) is 38.3 Å². The van der Waals surface area contributed by atoms with Crippen LogP contribution in [0, 0.1) is 11.8 Å². The molecule has 0 aromatic heterocycles. The van der Waals surface area contributed by atoms with Gasteiger partial charge in [0.2, 0.25) is 0 Å². The molecule has 0 aromatic carbocycles. The first-order chi connectivity index (χ1) is 8.08. The SMILES string of the molecule is CCOC(=O)C1(NC2CC2)CC(C)CCC1C. The summed E-state index contributed by atoms with van der Waals surface area (Å²) in [6.07, 6.45) is 5.71. The normalized spacial score (nSPS) is 37.8. The van der Waals surface area contributed by atoms with Crippen molar-refractivity contribution in [1.29, 1.82) is 0 Å². The van der Waals surface area contributed by atoms with E-state index in [2.05, 4.69) is 19.2 Å². The van der Waals surface area contributed by atoms with Crippen molar-refractivity contribution < 1.29 is 9.53 Å². The Morgan fingerprint density at radius 2 is 2.00 bits per heavy atom. The van der Waals surface area contributed by atoms with Gasteiger partial charge < -0.3 is 4.74 Å². The Morgan fingerprint density at radius 3 is 2.59 bits per heavy atom. The molecule has 98 valence electrons. The van der Waals surface area contributed by atoms with E-state index in [-0.39, 0.29) is 5.97 Å². The number of nitrogens with one attached hydrogen (secondary N) is 1. The van der Waals surface area contributed by atoms with E-state index in [1.54, 1.807) is 0 Å². The lowest BCUT2D eigenvalue weighted by atomic mass is 9.69. The van der Waals surface area contributed by atoms with E-state index in [1.165, 1.54) is 19.3 Å². The molecule has 0 saturated heterocycles. The number of esters is 1. The van der Waals surface area contributed by atoms with E-state index in [0.29, 0.717) is 24.5 Å². The molecule has 0 radical (unpaired) electrons. The maximum atomic E-state index is 12.4. The molecule has 2 aliphatic carbocycles. The van der Waals surface area contributed by atoms with Crippen LogP contribution in [-0.4, -0.2) is 24.2 Å². The number of hydrogen-bond acceptors (Lipinski definition) is 3. The van der Waals surface area contributed by atoms with E-state index in [4.69, 9.17) is 4.74 Å². The van der Waals surface area contributed by atoms with Gasteiger partial charge in [-0.2, -0.15) is 0 Å². The standard InChI is InChI=1S/C14H25NO2/c1-4-17-13(16)14(15-12-7-8-12)9-10(2)5-6-11(14)3/h10-12,15H,4-9H2,1-3H3. The van der Waals surface area contributed by atoms with Crippen molar-refractivity contribution in [3.8, 4) is 0 Å². The molecule has 0 aromatic rings. The molecule has 0 aliphatic heterocycles.